The summed E-state index contributed by atoms with van der Waals surface area (Å²) in [4.78, 5) is 3.96. The van der Waals surface area contributed by atoms with Gasteiger partial charge < -0.3 is 11.1 Å². The number of nitrogens with two attached hydrogens (primary N) is 1. The minimum absolute atomic E-state index is 0.312. The number of nitrogen functional groups attached to an aromatic ring is 1. The second-order valence-electron chi connectivity index (χ2n) is 4.42. The molecule has 1 aromatic carbocycles. The first-order chi connectivity index (χ1) is 9.52. The quantitative estimate of drug-likeness (QED) is 0.847. The van der Waals surface area contributed by atoms with Gasteiger partial charge in [0.2, 0.25) is 0 Å². The van der Waals surface area contributed by atoms with Crippen LogP contribution in [0.3, 0.4) is 0 Å². The minimum Gasteiger partial charge on any atom is -0.398 e. The lowest BCUT2D eigenvalue weighted by Gasteiger charge is -2.18. The van der Waals surface area contributed by atoms with Crippen LogP contribution in [0.25, 0.3) is 0 Å². The lowest BCUT2D eigenvalue weighted by molar-refractivity contribution is 0.441. The highest BCUT2D eigenvalue weighted by Gasteiger charge is 2.17. The Kier molecular flexibility index (Phi) is 4.24. The third-order valence-corrected chi connectivity index (χ3v) is 3.12. The molecule has 0 fully saturated rings. The average Bonchev–Trinajstić information content (AvgIpc) is 2.43. The van der Waals surface area contributed by atoms with Crippen molar-refractivity contribution in [3.63, 3.8) is 0 Å². The van der Waals surface area contributed by atoms with Crippen LogP contribution in [0.2, 0.25) is 0 Å². The summed E-state index contributed by atoms with van der Waals surface area (Å²) in [6, 6.07) is 3.21. The molecule has 3 N–H and O–H groups in total. The molecule has 1 unspecified atom stereocenters. The number of nitrogens with zero attached hydrogens (tertiary/aromatic N) is 1. The highest BCUT2D eigenvalue weighted by molar-refractivity contribution is 5.45. The first kappa shape index (κ1) is 14.3. The molecule has 1 heterocycles. The second-order valence-corrected chi connectivity index (χ2v) is 4.42. The highest BCUT2D eigenvalue weighted by atomic mass is 19.2. The summed E-state index contributed by atoms with van der Waals surface area (Å²) >= 11 is 0. The number of anilines is 1. The van der Waals surface area contributed by atoms with Crippen molar-refractivity contribution in [2.75, 3.05) is 12.8 Å². The molecule has 2 rings (SSSR count). The maximum absolute atomic E-state index is 13.3. The molecule has 0 aliphatic rings. The summed E-state index contributed by atoms with van der Waals surface area (Å²) in [5.41, 5.74) is 7.41. The van der Waals surface area contributed by atoms with E-state index in [0.717, 1.165) is 17.7 Å². The first-order valence-electron chi connectivity index (χ1n) is 6.03. The fourth-order valence-electron chi connectivity index (χ4n) is 1.99. The van der Waals surface area contributed by atoms with Gasteiger partial charge in [0.1, 0.15) is 0 Å². The lowest BCUT2D eigenvalue weighted by atomic mass is 9.99. The zero-order chi connectivity index (χ0) is 14.7. The number of hydrogen-bond acceptors (Lipinski definition) is 3. The van der Waals surface area contributed by atoms with Crippen molar-refractivity contribution in [3.8, 4) is 0 Å². The van der Waals surface area contributed by atoms with Crippen LogP contribution in [0.15, 0.2) is 30.6 Å². The van der Waals surface area contributed by atoms with E-state index < -0.39 is 23.5 Å². The fraction of sp³-hybridized carbons (Fsp3) is 0.214. The number of halogens is 3. The summed E-state index contributed by atoms with van der Waals surface area (Å²) in [7, 11) is 1.65. The van der Waals surface area contributed by atoms with Gasteiger partial charge in [-0.05, 0) is 42.8 Å². The molecular weight excluding hydrogens is 267 g/mol. The minimum atomic E-state index is -1.47. The molecule has 0 saturated heterocycles. The second kappa shape index (κ2) is 5.92. The van der Waals surface area contributed by atoms with E-state index in [1.165, 1.54) is 0 Å². The van der Waals surface area contributed by atoms with Gasteiger partial charge in [-0.2, -0.15) is 0 Å². The maximum Gasteiger partial charge on any atom is 0.194 e. The zero-order valence-electron chi connectivity index (χ0n) is 10.8. The Bertz CT molecular complexity index is 593. The van der Waals surface area contributed by atoms with Crippen LogP contribution >= 0.6 is 0 Å². The molecule has 0 saturated carbocycles. The van der Waals surface area contributed by atoms with Gasteiger partial charge in [-0.15, -0.1) is 0 Å². The maximum atomic E-state index is 13.3. The standard InChI is InChI=1S/C14H14F3N3/c1-19-13(6-9-7-20-3-2-12(9)18)8-4-10(15)14(17)11(16)5-8/h2-5,7,13,19H,6H2,1H3,(H2,18,20). The summed E-state index contributed by atoms with van der Waals surface area (Å²) < 4.78 is 39.5. The van der Waals surface area contributed by atoms with E-state index >= 15 is 0 Å². The van der Waals surface area contributed by atoms with Crippen molar-refractivity contribution in [2.45, 2.75) is 12.5 Å². The Hall–Kier alpha value is -2.08. The van der Waals surface area contributed by atoms with E-state index in [0.29, 0.717) is 17.7 Å². The zero-order valence-corrected chi connectivity index (χ0v) is 10.8. The molecule has 1 atom stereocenters. The molecule has 106 valence electrons. The topological polar surface area (TPSA) is 50.9 Å². The van der Waals surface area contributed by atoms with Gasteiger partial charge in [0, 0.05) is 24.1 Å². The summed E-state index contributed by atoms with van der Waals surface area (Å²) in [5, 5.41) is 2.93. The largest absolute Gasteiger partial charge is 0.398 e. The van der Waals surface area contributed by atoms with Crippen LogP contribution in [0.5, 0.6) is 0 Å². The number of benzene rings is 1. The molecule has 2 aromatic rings. The summed E-state index contributed by atoms with van der Waals surface area (Å²) in [5.74, 6) is -3.89. The molecule has 3 nitrogen and oxygen atoms in total. The Morgan fingerprint density at radius 1 is 1.25 bits per heavy atom. The first-order valence-corrected chi connectivity index (χ1v) is 6.03. The molecule has 0 bridgehead atoms. The Labute approximate surface area is 114 Å². The van der Waals surface area contributed by atoms with Crippen molar-refractivity contribution in [2.24, 2.45) is 0 Å². The lowest BCUT2D eigenvalue weighted by Crippen LogP contribution is -2.20. The van der Waals surface area contributed by atoms with Crippen molar-refractivity contribution in [1.82, 2.24) is 10.3 Å². The Morgan fingerprint density at radius 2 is 1.90 bits per heavy atom. The van der Waals surface area contributed by atoms with Crippen molar-refractivity contribution >= 4 is 5.69 Å². The third-order valence-electron chi connectivity index (χ3n) is 3.12. The van der Waals surface area contributed by atoms with E-state index in [-0.39, 0.29) is 0 Å². The number of hydrogen-bond donors (Lipinski definition) is 2. The smallest absolute Gasteiger partial charge is 0.194 e. The van der Waals surface area contributed by atoms with E-state index in [2.05, 4.69) is 10.3 Å². The van der Waals surface area contributed by atoms with Crippen LogP contribution in [0.4, 0.5) is 18.9 Å². The molecule has 0 aliphatic heterocycles. The Morgan fingerprint density at radius 3 is 2.45 bits per heavy atom. The van der Waals surface area contributed by atoms with Gasteiger partial charge in [-0.25, -0.2) is 13.2 Å². The summed E-state index contributed by atoms with van der Waals surface area (Å²) in [6.45, 7) is 0. The van der Waals surface area contributed by atoms with Crippen molar-refractivity contribution in [1.29, 1.82) is 0 Å². The number of aromatic nitrogens is 1. The average molecular weight is 281 g/mol. The number of nitrogens with one attached hydrogen (secondary N) is 1. The predicted molar refractivity (Wildman–Crippen MR) is 70.5 cm³/mol. The van der Waals surface area contributed by atoms with Gasteiger partial charge in [-0.1, -0.05) is 0 Å². The van der Waals surface area contributed by atoms with E-state index in [1.807, 2.05) is 0 Å². The molecule has 1 aromatic heterocycles. The van der Waals surface area contributed by atoms with Gasteiger partial charge >= 0.3 is 0 Å². The summed E-state index contributed by atoms with van der Waals surface area (Å²) in [6.07, 6.45) is 3.54. The predicted octanol–water partition coefficient (Wildman–Crippen LogP) is 2.58. The van der Waals surface area contributed by atoms with Gasteiger partial charge in [-0.3, -0.25) is 4.98 Å². The Balaban J connectivity index is 2.31. The normalized spacial score (nSPS) is 12.4. The van der Waals surface area contributed by atoms with Gasteiger partial charge in [0.15, 0.2) is 17.5 Å². The molecule has 20 heavy (non-hydrogen) atoms. The third kappa shape index (κ3) is 2.91. The monoisotopic (exact) mass is 281 g/mol. The number of rotatable bonds is 4. The van der Waals surface area contributed by atoms with Crippen LogP contribution in [0.1, 0.15) is 17.2 Å². The molecule has 0 aliphatic carbocycles. The highest BCUT2D eigenvalue weighted by Crippen LogP contribution is 2.24. The molecule has 0 radical (unpaired) electrons. The van der Waals surface area contributed by atoms with Crippen LogP contribution < -0.4 is 11.1 Å². The SMILES string of the molecule is CNC(Cc1cnccc1N)c1cc(F)c(F)c(F)c1. The van der Waals surface area contributed by atoms with Gasteiger partial charge in [0.25, 0.3) is 0 Å². The van der Waals surface area contributed by atoms with Crippen LogP contribution in [0, 0.1) is 17.5 Å². The van der Waals surface area contributed by atoms with E-state index in [9.17, 15) is 13.2 Å². The molecule has 6 heteroatoms. The van der Waals surface area contributed by atoms with Crippen LogP contribution in [-0.2, 0) is 6.42 Å². The number of pyridine rings is 1. The molecule has 0 spiro atoms. The van der Waals surface area contributed by atoms with Crippen LogP contribution in [-0.4, -0.2) is 12.0 Å². The fourth-order valence-corrected chi connectivity index (χ4v) is 1.99. The number of likely N-dealkylation sites (N-methyl/N-ethyl adjacent to an activating group) is 1. The van der Waals surface area contributed by atoms with Crippen molar-refractivity contribution < 1.29 is 13.2 Å². The molecule has 0 amide bonds. The van der Waals surface area contributed by atoms with E-state index in [4.69, 9.17) is 5.73 Å². The van der Waals surface area contributed by atoms with Crippen molar-refractivity contribution in [3.05, 3.63) is 59.2 Å². The van der Waals surface area contributed by atoms with Gasteiger partial charge in [0.05, 0.1) is 0 Å². The molecular formula is C14H14F3N3. The van der Waals surface area contributed by atoms with E-state index in [1.54, 1.807) is 25.5 Å².